The van der Waals surface area contributed by atoms with Crippen LogP contribution in [0.5, 0.6) is 0 Å². The first-order chi connectivity index (χ1) is 10.7. The van der Waals surface area contributed by atoms with Gasteiger partial charge in [0.2, 0.25) is 0 Å². The molecule has 0 radical (unpaired) electrons. The van der Waals surface area contributed by atoms with E-state index in [1.165, 1.54) is 0 Å². The van der Waals surface area contributed by atoms with Crippen LogP contribution in [0.1, 0.15) is 40.4 Å². The molecular formula is C17H21N3O2. The number of hydrogen-bond donors (Lipinski definition) is 0. The molecule has 116 valence electrons. The summed E-state index contributed by atoms with van der Waals surface area (Å²) in [7, 11) is 3.57. The Balaban J connectivity index is 1.78. The molecule has 0 N–H and O–H groups in total. The molecule has 1 aliphatic rings. The number of nitrogens with zero attached hydrogens (tertiary/aromatic N) is 3. The van der Waals surface area contributed by atoms with Crippen molar-refractivity contribution in [2.24, 2.45) is 7.05 Å². The van der Waals surface area contributed by atoms with Crippen molar-refractivity contribution in [2.75, 3.05) is 13.7 Å². The van der Waals surface area contributed by atoms with E-state index in [1.54, 1.807) is 11.8 Å². The minimum atomic E-state index is 0.0929. The van der Waals surface area contributed by atoms with Crippen LogP contribution >= 0.6 is 0 Å². The van der Waals surface area contributed by atoms with Crippen molar-refractivity contribution in [1.29, 1.82) is 0 Å². The van der Waals surface area contributed by atoms with Gasteiger partial charge in [0.25, 0.3) is 5.91 Å². The maximum Gasteiger partial charge on any atom is 0.254 e. The van der Waals surface area contributed by atoms with Gasteiger partial charge in [-0.1, -0.05) is 12.1 Å². The lowest BCUT2D eigenvalue weighted by atomic mass is 10.1. The van der Waals surface area contributed by atoms with Crippen LogP contribution in [0.4, 0.5) is 0 Å². The van der Waals surface area contributed by atoms with Crippen LogP contribution in [0.2, 0.25) is 0 Å². The van der Waals surface area contributed by atoms with E-state index < -0.39 is 0 Å². The molecule has 5 nitrogen and oxygen atoms in total. The third-order valence-corrected chi connectivity index (χ3v) is 4.14. The molecule has 1 aromatic heterocycles. The van der Waals surface area contributed by atoms with Crippen LogP contribution in [0.3, 0.4) is 0 Å². The number of benzene rings is 1. The highest BCUT2D eigenvalue weighted by molar-refractivity contribution is 5.94. The topological polar surface area (TPSA) is 47.4 Å². The summed E-state index contributed by atoms with van der Waals surface area (Å²) in [6.45, 7) is 1.37. The predicted octanol–water partition coefficient (Wildman–Crippen LogP) is 2.54. The van der Waals surface area contributed by atoms with Gasteiger partial charge in [-0.3, -0.25) is 9.48 Å². The van der Waals surface area contributed by atoms with Gasteiger partial charge in [-0.05, 0) is 30.5 Å². The molecular weight excluding hydrogens is 278 g/mol. The van der Waals surface area contributed by atoms with Crippen LogP contribution in [0.15, 0.2) is 36.7 Å². The number of carbonyl (C=O) groups is 1. The lowest BCUT2D eigenvalue weighted by Gasteiger charge is -2.24. The summed E-state index contributed by atoms with van der Waals surface area (Å²) in [5, 5.41) is 4.22. The van der Waals surface area contributed by atoms with Crippen LogP contribution in [-0.2, 0) is 18.4 Å². The van der Waals surface area contributed by atoms with Crippen molar-refractivity contribution < 1.29 is 9.53 Å². The molecule has 1 fully saturated rings. The second-order valence-electron chi connectivity index (χ2n) is 5.73. The monoisotopic (exact) mass is 299 g/mol. The summed E-state index contributed by atoms with van der Waals surface area (Å²) in [5.74, 6) is 0.0929. The van der Waals surface area contributed by atoms with Gasteiger partial charge in [-0.25, -0.2) is 0 Å². The predicted molar refractivity (Wildman–Crippen MR) is 83.4 cm³/mol. The van der Waals surface area contributed by atoms with Crippen LogP contribution < -0.4 is 0 Å². The standard InChI is InChI=1S/C17H21N3O2/c1-19-11-15(10-18-19)16-4-3-9-20(16)17(21)14-7-5-13(6-8-14)12-22-2/h5-8,10-11,16H,3-4,9,12H2,1-2H3/t16-/m1/s1. The number of carbonyl (C=O) groups excluding carboxylic acids is 1. The maximum atomic E-state index is 12.8. The highest BCUT2D eigenvalue weighted by atomic mass is 16.5. The molecule has 3 rings (SSSR count). The Hall–Kier alpha value is -2.14. The zero-order valence-corrected chi connectivity index (χ0v) is 13.0. The minimum absolute atomic E-state index is 0.0929. The SMILES string of the molecule is COCc1ccc(C(=O)N2CCC[C@@H]2c2cnn(C)c2)cc1. The second kappa shape index (κ2) is 6.32. The third-order valence-electron chi connectivity index (χ3n) is 4.14. The first-order valence-electron chi connectivity index (χ1n) is 7.56. The smallest absolute Gasteiger partial charge is 0.254 e. The Bertz CT molecular complexity index is 648. The first-order valence-corrected chi connectivity index (χ1v) is 7.56. The third kappa shape index (κ3) is 2.90. The van der Waals surface area contributed by atoms with Gasteiger partial charge in [-0.15, -0.1) is 0 Å². The van der Waals surface area contributed by atoms with E-state index in [2.05, 4.69) is 5.10 Å². The van der Waals surface area contributed by atoms with Gasteiger partial charge < -0.3 is 9.64 Å². The Labute approximate surface area is 130 Å². The number of methoxy groups -OCH3 is 1. The molecule has 1 aliphatic heterocycles. The van der Waals surface area contributed by atoms with Crippen molar-refractivity contribution in [3.8, 4) is 0 Å². The number of amides is 1. The van der Waals surface area contributed by atoms with Crippen molar-refractivity contribution >= 4 is 5.91 Å². The normalized spacial score (nSPS) is 17.9. The number of aromatic nitrogens is 2. The quantitative estimate of drug-likeness (QED) is 0.871. The van der Waals surface area contributed by atoms with Gasteiger partial charge in [0, 0.05) is 38.0 Å². The highest BCUT2D eigenvalue weighted by Crippen LogP contribution is 2.32. The van der Waals surface area contributed by atoms with E-state index >= 15 is 0 Å². The van der Waals surface area contributed by atoms with Crippen LogP contribution in [0, 0.1) is 0 Å². The van der Waals surface area contributed by atoms with E-state index in [0.29, 0.717) is 6.61 Å². The molecule has 0 spiro atoms. The molecule has 1 amide bonds. The van der Waals surface area contributed by atoms with Crippen molar-refractivity contribution in [1.82, 2.24) is 14.7 Å². The number of aryl methyl sites for hydroxylation is 1. The fourth-order valence-electron chi connectivity index (χ4n) is 3.04. The molecule has 2 heterocycles. The molecule has 0 saturated carbocycles. The molecule has 1 atom stereocenters. The molecule has 0 unspecified atom stereocenters. The summed E-state index contributed by atoms with van der Waals surface area (Å²) in [6.07, 6.45) is 5.89. The highest BCUT2D eigenvalue weighted by Gasteiger charge is 2.31. The molecule has 2 aromatic rings. The Morgan fingerprint density at radius 2 is 2.14 bits per heavy atom. The summed E-state index contributed by atoms with van der Waals surface area (Å²) in [4.78, 5) is 14.7. The fraction of sp³-hybridized carbons (Fsp3) is 0.412. The van der Waals surface area contributed by atoms with E-state index in [1.807, 2.05) is 48.6 Å². The number of hydrogen-bond acceptors (Lipinski definition) is 3. The Morgan fingerprint density at radius 3 is 2.77 bits per heavy atom. The van der Waals surface area contributed by atoms with E-state index in [0.717, 1.165) is 36.1 Å². The average molecular weight is 299 g/mol. The van der Waals surface area contributed by atoms with Gasteiger partial charge in [0.05, 0.1) is 18.8 Å². The largest absolute Gasteiger partial charge is 0.380 e. The second-order valence-corrected chi connectivity index (χ2v) is 5.73. The number of rotatable bonds is 4. The van der Waals surface area contributed by atoms with Gasteiger partial charge in [-0.2, -0.15) is 5.10 Å². The van der Waals surface area contributed by atoms with Crippen molar-refractivity contribution in [3.63, 3.8) is 0 Å². The molecule has 5 heteroatoms. The minimum Gasteiger partial charge on any atom is -0.380 e. The van der Waals surface area contributed by atoms with Gasteiger partial charge in [0.15, 0.2) is 0 Å². The molecule has 1 saturated heterocycles. The summed E-state index contributed by atoms with van der Waals surface area (Å²) < 4.78 is 6.89. The van der Waals surface area contributed by atoms with E-state index in [4.69, 9.17) is 4.74 Å². The Kier molecular flexibility index (Phi) is 4.24. The molecule has 0 aliphatic carbocycles. The average Bonchev–Trinajstić information content (AvgIpc) is 3.16. The molecule has 22 heavy (non-hydrogen) atoms. The Morgan fingerprint density at radius 1 is 1.36 bits per heavy atom. The van der Waals surface area contributed by atoms with E-state index in [-0.39, 0.29) is 11.9 Å². The first kappa shape index (κ1) is 14.8. The maximum absolute atomic E-state index is 12.8. The molecule has 0 bridgehead atoms. The van der Waals surface area contributed by atoms with Gasteiger partial charge >= 0.3 is 0 Å². The molecule has 1 aromatic carbocycles. The van der Waals surface area contributed by atoms with E-state index in [9.17, 15) is 4.79 Å². The van der Waals surface area contributed by atoms with Crippen molar-refractivity contribution in [2.45, 2.75) is 25.5 Å². The zero-order valence-electron chi connectivity index (χ0n) is 13.0. The number of likely N-dealkylation sites (tertiary alicyclic amines) is 1. The summed E-state index contributed by atoms with van der Waals surface area (Å²) in [6, 6.07) is 7.81. The van der Waals surface area contributed by atoms with Crippen LogP contribution in [-0.4, -0.2) is 34.2 Å². The van der Waals surface area contributed by atoms with Crippen molar-refractivity contribution in [3.05, 3.63) is 53.3 Å². The number of ether oxygens (including phenoxy) is 1. The lowest BCUT2D eigenvalue weighted by Crippen LogP contribution is -2.30. The summed E-state index contributed by atoms with van der Waals surface area (Å²) in [5.41, 5.74) is 2.92. The summed E-state index contributed by atoms with van der Waals surface area (Å²) >= 11 is 0. The van der Waals surface area contributed by atoms with Gasteiger partial charge in [0.1, 0.15) is 0 Å². The fourth-order valence-corrected chi connectivity index (χ4v) is 3.04. The zero-order chi connectivity index (χ0) is 15.5. The lowest BCUT2D eigenvalue weighted by molar-refractivity contribution is 0.0735. The van der Waals surface area contributed by atoms with Crippen LogP contribution in [0.25, 0.3) is 0 Å².